The smallest absolute Gasteiger partial charge is 0.313 e. The number of hydrogen-bond donors (Lipinski definition) is 1. The maximum absolute atomic E-state index is 10.9. The molecule has 0 spiro atoms. The number of thioether (sulfide) groups is 1. The molecule has 1 saturated carbocycles. The van der Waals surface area contributed by atoms with Crippen LogP contribution in [0.1, 0.15) is 32.2 Å². The average Bonchev–Trinajstić information content (AvgIpc) is 2.99. The van der Waals surface area contributed by atoms with Crippen molar-refractivity contribution in [1.82, 2.24) is 9.55 Å². The van der Waals surface area contributed by atoms with Crippen molar-refractivity contribution in [3.63, 3.8) is 0 Å². The van der Waals surface area contributed by atoms with Crippen LogP contribution in [0.2, 0.25) is 5.02 Å². The third-order valence-corrected chi connectivity index (χ3v) is 5.26. The molecule has 4 nitrogen and oxygen atoms in total. The molecule has 2 atom stereocenters. The molecule has 1 aromatic heterocycles. The number of fused-ring (bicyclic) bond motifs is 1. The van der Waals surface area contributed by atoms with Crippen LogP contribution in [0, 0.1) is 5.92 Å². The van der Waals surface area contributed by atoms with Crippen molar-refractivity contribution in [2.24, 2.45) is 5.92 Å². The zero-order chi connectivity index (χ0) is 15.0. The van der Waals surface area contributed by atoms with Crippen molar-refractivity contribution in [2.75, 3.05) is 5.75 Å². The van der Waals surface area contributed by atoms with E-state index in [2.05, 4.69) is 16.5 Å². The molecule has 1 heterocycles. The number of carboxylic acid groups (broad SMARTS) is 1. The third-order valence-electron chi connectivity index (χ3n) is 4.09. The lowest BCUT2D eigenvalue weighted by molar-refractivity contribution is -0.133. The molecule has 1 aromatic carbocycles. The standard InChI is InChI=1S/C15H17ClN2O2S/c1-9-3-2-4-12(9)18-13-7-10(16)5-6-11(13)17-15(18)21-8-14(19)20/h5-7,9,12H,2-4,8H2,1H3,(H,19,20). The second-order valence-electron chi connectivity index (χ2n) is 5.56. The van der Waals surface area contributed by atoms with Crippen molar-refractivity contribution in [2.45, 2.75) is 37.4 Å². The number of benzene rings is 1. The van der Waals surface area contributed by atoms with Crippen LogP contribution in [0.5, 0.6) is 0 Å². The second-order valence-corrected chi connectivity index (χ2v) is 6.93. The lowest BCUT2D eigenvalue weighted by Crippen LogP contribution is -2.13. The molecular weight excluding hydrogens is 308 g/mol. The minimum Gasteiger partial charge on any atom is -0.481 e. The molecule has 0 radical (unpaired) electrons. The van der Waals surface area contributed by atoms with E-state index in [0.29, 0.717) is 17.0 Å². The Kier molecular flexibility index (Phi) is 4.13. The average molecular weight is 325 g/mol. The van der Waals surface area contributed by atoms with E-state index in [9.17, 15) is 4.79 Å². The summed E-state index contributed by atoms with van der Waals surface area (Å²) >= 11 is 7.41. The first-order valence-corrected chi connectivity index (χ1v) is 8.44. The van der Waals surface area contributed by atoms with Gasteiger partial charge in [0.1, 0.15) is 0 Å². The highest BCUT2D eigenvalue weighted by Crippen LogP contribution is 2.40. The fraction of sp³-hybridized carbons (Fsp3) is 0.467. The molecule has 2 unspecified atom stereocenters. The van der Waals surface area contributed by atoms with E-state index < -0.39 is 5.97 Å². The normalized spacial score (nSPS) is 22.0. The SMILES string of the molecule is CC1CCCC1n1c(SCC(=O)O)nc2ccc(Cl)cc21. The van der Waals surface area contributed by atoms with Gasteiger partial charge in [0.05, 0.1) is 16.8 Å². The summed E-state index contributed by atoms with van der Waals surface area (Å²) in [4.78, 5) is 15.5. The molecule has 112 valence electrons. The zero-order valence-electron chi connectivity index (χ0n) is 11.8. The maximum Gasteiger partial charge on any atom is 0.313 e. The van der Waals surface area contributed by atoms with Crippen LogP contribution in [0.25, 0.3) is 11.0 Å². The summed E-state index contributed by atoms with van der Waals surface area (Å²) in [6, 6.07) is 6.04. The van der Waals surface area contributed by atoms with Gasteiger partial charge >= 0.3 is 5.97 Å². The quantitative estimate of drug-likeness (QED) is 0.855. The predicted octanol–water partition coefficient (Wildman–Crippen LogP) is 4.23. The van der Waals surface area contributed by atoms with Crippen molar-refractivity contribution in [3.8, 4) is 0 Å². The van der Waals surface area contributed by atoms with Crippen LogP contribution >= 0.6 is 23.4 Å². The van der Waals surface area contributed by atoms with Crippen molar-refractivity contribution >= 4 is 40.4 Å². The minimum atomic E-state index is -0.823. The first kappa shape index (κ1) is 14.7. The number of aliphatic carboxylic acids is 1. The molecule has 0 saturated heterocycles. The lowest BCUT2D eigenvalue weighted by atomic mass is 10.1. The molecule has 1 aliphatic carbocycles. The van der Waals surface area contributed by atoms with Gasteiger partial charge in [-0.05, 0) is 37.0 Å². The highest BCUT2D eigenvalue weighted by molar-refractivity contribution is 7.99. The highest BCUT2D eigenvalue weighted by atomic mass is 35.5. The molecule has 0 amide bonds. The van der Waals surface area contributed by atoms with Gasteiger partial charge in [-0.15, -0.1) is 0 Å². The highest BCUT2D eigenvalue weighted by Gasteiger charge is 2.28. The molecule has 3 rings (SSSR count). The second kappa shape index (κ2) is 5.89. The van der Waals surface area contributed by atoms with E-state index in [1.54, 1.807) is 0 Å². The van der Waals surface area contributed by atoms with E-state index in [1.807, 2.05) is 18.2 Å². The Labute approximate surface area is 132 Å². The minimum absolute atomic E-state index is 0.0259. The lowest BCUT2D eigenvalue weighted by Gasteiger charge is -2.20. The van der Waals surface area contributed by atoms with Crippen molar-refractivity contribution in [3.05, 3.63) is 23.2 Å². The number of carboxylic acids is 1. The molecule has 6 heteroatoms. The topological polar surface area (TPSA) is 55.1 Å². The first-order chi connectivity index (χ1) is 10.1. The van der Waals surface area contributed by atoms with Crippen LogP contribution < -0.4 is 0 Å². The first-order valence-electron chi connectivity index (χ1n) is 7.08. The predicted molar refractivity (Wildman–Crippen MR) is 85.2 cm³/mol. The number of nitrogens with zero attached hydrogens (tertiary/aromatic N) is 2. The summed E-state index contributed by atoms with van der Waals surface area (Å²) < 4.78 is 2.20. The van der Waals surface area contributed by atoms with E-state index >= 15 is 0 Å². The molecule has 21 heavy (non-hydrogen) atoms. The van der Waals surface area contributed by atoms with Gasteiger partial charge in [-0.3, -0.25) is 4.79 Å². The van der Waals surface area contributed by atoms with E-state index in [-0.39, 0.29) is 5.75 Å². The van der Waals surface area contributed by atoms with Gasteiger partial charge in [-0.25, -0.2) is 4.98 Å². The summed E-state index contributed by atoms with van der Waals surface area (Å²) in [7, 11) is 0. The fourth-order valence-electron chi connectivity index (χ4n) is 3.10. The summed E-state index contributed by atoms with van der Waals surface area (Å²) in [6.07, 6.45) is 3.52. The van der Waals surface area contributed by atoms with E-state index in [1.165, 1.54) is 24.6 Å². The molecule has 1 aliphatic rings. The van der Waals surface area contributed by atoms with Gasteiger partial charge in [0, 0.05) is 11.1 Å². The van der Waals surface area contributed by atoms with Gasteiger partial charge < -0.3 is 9.67 Å². The number of halogens is 1. The van der Waals surface area contributed by atoms with Gasteiger partial charge in [0.25, 0.3) is 0 Å². The van der Waals surface area contributed by atoms with Crippen LogP contribution in [-0.4, -0.2) is 26.4 Å². The molecule has 2 aromatic rings. The van der Waals surface area contributed by atoms with Crippen LogP contribution in [0.4, 0.5) is 0 Å². The monoisotopic (exact) mass is 324 g/mol. The van der Waals surface area contributed by atoms with Crippen LogP contribution in [-0.2, 0) is 4.79 Å². The van der Waals surface area contributed by atoms with Crippen LogP contribution in [0.3, 0.4) is 0 Å². The Morgan fingerprint density at radius 2 is 2.33 bits per heavy atom. The molecule has 1 N–H and O–H groups in total. The Morgan fingerprint density at radius 1 is 1.52 bits per heavy atom. The van der Waals surface area contributed by atoms with Crippen LogP contribution in [0.15, 0.2) is 23.4 Å². The number of aromatic nitrogens is 2. The largest absolute Gasteiger partial charge is 0.481 e. The maximum atomic E-state index is 10.9. The van der Waals surface area contributed by atoms with Gasteiger partial charge in [-0.2, -0.15) is 0 Å². The molecule has 0 bridgehead atoms. The zero-order valence-corrected chi connectivity index (χ0v) is 13.3. The molecule has 1 fully saturated rings. The number of rotatable bonds is 4. The Balaban J connectivity index is 2.09. The van der Waals surface area contributed by atoms with Gasteiger partial charge in [-0.1, -0.05) is 36.7 Å². The Morgan fingerprint density at radius 3 is 3.00 bits per heavy atom. The van der Waals surface area contributed by atoms with Gasteiger partial charge in [0.15, 0.2) is 5.16 Å². The number of carbonyl (C=O) groups is 1. The third kappa shape index (κ3) is 2.90. The fourth-order valence-corrected chi connectivity index (χ4v) is 4.06. The molecule has 0 aliphatic heterocycles. The number of imidazole rings is 1. The summed E-state index contributed by atoms with van der Waals surface area (Å²) in [5.74, 6) is -0.223. The van der Waals surface area contributed by atoms with Crippen molar-refractivity contribution in [1.29, 1.82) is 0 Å². The molecular formula is C15H17ClN2O2S. The Bertz CT molecular complexity index is 686. The number of hydrogen-bond acceptors (Lipinski definition) is 3. The Hall–Kier alpha value is -1.20. The van der Waals surface area contributed by atoms with E-state index in [0.717, 1.165) is 22.6 Å². The summed E-state index contributed by atoms with van der Waals surface area (Å²) in [5, 5.41) is 10.4. The van der Waals surface area contributed by atoms with E-state index in [4.69, 9.17) is 16.7 Å². The summed E-state index contributed by atoms with van der Waals surface area (Å²) in [5.41, 5.74) is 1.89. The van der Waals surface area contributed by atoms with Gasteiger partial charge in [0.2, 0.25) is 0 Å². The van der Waals surface area contributed by atoms with Crippen molar-refractivity contribution < 1.29 is 9.90 Å². The summed E-state index contributed by atoms with van der Waals surface area (Å²) in [6.45, 7) is 2.25.